The van der Waals surface area contributed by atoms with Crippen LogP contribution in [0.5, 0.6) is 0 Å². The molecule has 0 saturated heterocycles. The highest BCUT2D eigenvalue weighted by Gasteiger charge is 2.11. The lowest BCUT2D eigenvalue weighted by atomic mass is 10.2. The zero-order valence-corrected chi connectivity index (χ0v) is 13.3. The van der Waals surface area contributed by atoms with Gasteiger partial charge in [-0.3, -0.25) is 0 Å². The summed E-state index contributed by atoms with van der Waals surface area (Å²) in [6.45, 7) is 2.00. The van der Waals surface area contributed by atoms with Crippen LogP contribution in [0.15, 0.2) is 45.4 Å². The van der Waals surface area contributed by atoms with Gasteiger partial charge in [0, 0.05) is 16.7 Å². The molecule has 21 heavy (non-hydrogen) atoms. The summed E-state index contributed by atoms with van der Waals surface area (Å²) in [5.41, 5.74) is 3.49. The van der Waals surface area contributed by atoms with Gasteiger partial charge in [-0.15, -0.1) is 0 Å². The fourth-order valence-corrected chi connectivity index (χ4v) is 3.38. The number of hydrogen-bond acceptors (Lipinski definition) is 7. The van der Waals surface area contributed by atoms with Gasteiger partial charge < -0.3 is 5.43 Å². The first-order chi connectivity index (χ1) is 9.95. The van der Waals surface area contributed by atoms with E-state index >= 15 is 0 Å². The van der Waals surface area contributed by atoms with E-state index in [0.717, 1.165) is 21.9 Å². The van der Waals surface area contributed by atoms with Crippen LogP contribution in [0.2, 0.25) is 0 Å². The molecule has 1 aromatic heterocycles. The molecule has 0 atom stereocenters. The molecule has 1 heterocycles. The van der Waals surface area contributed by atoms with Gasteiger partial charge in [-0.05, 0) is 30.7 Å². The van der Waals surface area contributed by atoms with Crippen molar-refractivity contribution in [3.05, 3.63) is 36.2 Å². The second-order valence-electron chi connectivity index (χ2n) is 4.35. The van der Waals surface area contributed by atoms with Gasteiger partial charge in [-0.25, -0.2) is 24.2 Å². The smallest absolute Gasteiger partial charge is 0.175 e. The Morgan fingerprint density at radius 3 is 2.43 bits per heavy atom. The second kappa shape index (κ2) is 6.42. The number of sulfone groups is 1. The topological polar surface area (TPSA) is 98.0 Å². The van der Waals surface area contributed by atoms with Crippen molar-refractivity contribution in [2.24, 2.45) is 5.84 Å². The first kappa shape index (κ1) is 15.7. The van der Waals surface area contributed by atoms with Gasteiger partial charge in [0.15, 0.2) is 9.84 Å². The molecule has 1 aromatic carbocycles. The molecule has 0 fully saturated rings. The zero-order chi connectivity index (χ0) is 15.5. The van der Waals surface area contributed by atoms with Crippen LogP contribution < -0.4 is 11.3 Å². The van der Waals surface area contributed by atoms with E-state index in [2.05, 4.69) is 15.4 Å². The van der Waals surface area contributed by atoms with Crippen LogP contribution >= 0.6 is 11.8 Å². The van der Waals surface area contributed by atoms with Gasteiger partial charge in [0.1, 0.15) is 17.2 Å². The Balaban J connectivity index is 2.30. The molecular weight excluding hydrogens is 308 g/mol. The lowest BCUT2D eigenvalue weighted by Crippen LogP contribution is -2.12. The van der Waals surface area contributed by atoms with E-state index in [1.165, 1.54) is 24.3 Å². The summed E-state index contributed by atoms with van der Waals surface area (Å²) in [4.78, 5) is 9.54. The molecule has 0 aliphatic heterocycles. The number of hydrogen-bond donors (Lipinski definition) is 2. The molecule has 0 unspecified atom stereocenters. The van der Waals surface area contributed by atoms with Gasteiger partial charge in [0.05, 0.1) is 4.90 Å². The third-order valence-electron chi connectivity index (χ3n) is 2.86. The molecule has 8 heteroatoms. The number of benzene rings is 1. The summed E-state index contributed by atoms with van der Waals surface area (Å²) in [5.74, 6) is 6.04. The molecule has 0 aliphatic carbocycles. The van der Waals surface area contributed by atoms with Crippen molar-refractivity contribution in [3.63, 3.8) is 0 Å². The van der Waals surface area contributed by atoms with Crippen molar-refractivity contribution in [2.45, 2.75) is 28.2 Å². The number of aromatic nitrogens is 2. The lowest BCUT2D eigenvalue weighted by molar-refractivity contribution is 0.602. The summed E-state index contributed by atoms with van der Waals surface area (Å²) < 4.78 is 22.9. The number of rotatable bonds is 5. The Hall–Kier alpha value is -1.64. The van der Waals surface area contributed by atoms with E-state index < -0.39 is 9.84 Å². The molecule has 0 radical (unpaired) electrons. The highest BCUT2D eigenvalue weighted by atomic mass is 32.2. The molecule has 6 nitrogen and oxygen atoms in total. The van der Waals surface area contributed by atoms with Crippen LogP contribution in [0.25, 0.3) is 0 Å². The summed E-state index contributed by atoms with van der Waals surface area (Å²) in [6.07, 6.45) is 3.37. The minimum Gasteiger partial charge on any atom is -0.308 e. The predicted molar refractivity (Wildman–Crippen MR) is 82.9 cm³/mol. The van der Waals surface area contributed by atoms with Gasteiger partial charge in [-0.2, -0.15) is 0 Å². The van der Waals surface area contributed by atoms with E-state index in [-0.39, 0.29) is 0 Å². The summed E-state index contributed by atoms with van der Waals surface area (Å²) in [6, 6.07) is 6.70. The van der Waals surface area contributed by atoms with Crippen LogP contribution in [0.4, 0.5) is 5.82 Å². The number of nitrogens with two attached hydrogens (primary N) is 1. The highest BCUT2D eigenvalue weighted by molar-refractivity contribution is 7.99. The molecule has 0 bridgehead atoms. The first-order valence-electron chi connectivity index (χ1n) is 6.24. The van der Waals surface area contributed by atoms with Gasteiger partial charge >= 0.3 is 0 Å². The van der Waals surface area contributed by atoms with Gasteiger partial charge in [0.2, 0.25) is 0 Å². The number of nitrogen functional groups attached to an aromatic ring is 1. The van der Waals surface area contributed by atoms with Crippen molar-refractivity contribution < 1.29 is 8.42 Å². The van der Waals surface area contributed by atoms with Crippen molar-refractivity contribution in [1.29, 1.82) is 0 Å². The average Bonchev–Trinajstić information content (AvgIpc) is 2.46. The maximum absolute atomic E-state index is 11.4. The predicted octanol–water partition coefficient (Wildman–Crippen LogP) is 1.88. The summed E-state index contributed by atoms with van der Waals surface area (Å²) in [5, 5.41) is 0.799. The number of hydrazine groups is 1. The molecule has 3 N–H and O–H groups in total. The fraction of sp³-hybridized carbons (Fsp3) is 0.231. The fourth-order valence-electron chi connectivity index (χ4n) is 1.79. The first-order valence-corrected chi connectivity index (χ1v) is 8.95. The average molecular weight is 324 g/mol. The third-order valence-corrected chi connectivity index (χ3v) is 5.04. The van der Waals surface area contributed by atoms with Crippen molar-refractivity contribution >= 4 is 27.4 Å². The van der Waals surface area contributed by atoms with E-state index in [0.29, 0.717) is 10.7 Å². The van der Waals surface area contributed by atoms with Crippen molar-refractivity contribution in [2.75, 3.05) is 11.7 Å². The van der Waals surface area contributed by atoms with E-state index in [9.17, 15) is 8.42 Å². The summed E-state index contributed by atoms with van der Waals surface area (Å²) in [7, 11) is -3.18. The monoisotopic (exact) mass is 324 g/mol. The Kier molecular flexibility index (Phi) is 4.81. The maximum atomic E-state index is 11.4. The lowest BCUT2D eigenvalue weighted by Gasteiger charge is -2.10. The van der Waals surface area contributed by atoms with E-state index in [1.807, 2.05) is 6.92 Å². The van der Waals surface area contributed by atoms with Gasteiger partial charge in [-0.1, -0.05) is 18.7 Å². The Bertz CT molecular complexity index is 730. The highest BCUT2D eigenvalue weighted by Crippen LogP contribution is 2.31. The molecule has 0 amide bonds. The van der Waals surface area contributed by atoms with Crippen LogP contribution in [-0.2, 0) is 16.3 Å². The van der Waals surface area contributed by atoms with Crippen LogP contribution in [0, 0.1) is 0 Å². The number of nitrogens with zero attached hydrogens (tertiary/aromatic N) is 2. The molecular formula is C13H16N4O2S2. The summed E-state index contributed by atoms with van der Waals surface area (Å²) >= 11 is 1.45. The van der Waals surface area contributed by atoms with Crippen LogP contribution in [-0.4, -0.2) is 24.6 Å². The van der Waals surface area contributed by atoms with Gasteiger partial charge in [0.25, 0.3) is 0 Å². The van der Waals surface area contributed by atoms with Crippen molar-refractivity contribution in [3.8, 4) is 0 Å². The standard InChI is InChI=1S/C13H16N4O2S2/c1-3-11-12(17-14)15-8-16-13(11)20-9-4-6-10(7-5-9)21(2,18)19/h4-8H,3,14H2,1-2H3,(H,15,16,17). The molecule has 0 aliphatic rings. The van der Waals surface area contributed by atoms with Crippen molar-refractivity contribution in [1.82, 2.24) is 9.97 Å². The van der Waals surface area contributed by atoms with Crippen LogP contribution in [0.1, 0.15) is 12.5 Å². The van der Waals surface area contributed by atoms with E-state index in [1.54, 1.807) is 24.3 Å². The molecule has 2 rings (SSSR count). The third kappa shape index (κ3) is 3.72. The minimum atomic E-state index is -3.18. The second-order valence-corrected chi connectivity index (χ2v) is 7.43. The molecule has 112 valence electrons. The Morgan fingerprint density at radius 1 is 1.24 bits per heavy atom. The normalized spacial score (nSPS) is 11.4. The van der Waals surface area contributed by atoms with Crippen LogP contribution in [0.3, 0.4) is 0 Å². The Morgan fingerprint density at radius 2 is 1.90 bits per heavy atom. The minimum absolute atomic E-state index is 0.301. The zero-order valence-electron chi connectivity index (χ0n) is 11.7. The number of nitrogens with one attached hydrogen (secondary N) is 1. The number of anilines is 1. The maximum Gasteiger partial charge on any atom is 0.175 e. The SMILES string of the molecule is CCc1c(NN)ncnc1Sc1ccc(S(C)(=O)=O)cc1. The molecule has 0 spiro atoms. The quantitative estimate of drug-likeness (QED) is 0.492. The largest absolute Gasteiger partial charge is 0.308 e. The molecule has 0 saturated carbocycles. The van der Waals surface area contributed by atoms with E-state index in [4.69, 9.17) is 5.84 Å². The molecule has 2 aromatic rings. The Labute approximate surface area is 128 Å².